The second-order valence-corrected chi connectivity index (χ2v) is 5.63. The van der Waals surface area contributed by atoms with Crippen molar-refractivity contribution in [1.29, 1.82) is 5.26 Å². The van der Waals surface area contributed by atoms with Crippen LogP contribution in [0.15, 0.2) is 30.3 Å². The topological polar surface area (TPSA) is 65.8 Å². The van der Waals surface area contributed by atoms with E-state index in [1.54, 1.807) is 6.92 Å². The van der Waals surface area contributed by atoms with Crippen LogP contribution < -0.4 is 5.32 Å². The molecule has 1 fully saturated rings. The lowest BCUT2D eigenvalue weighted by Crippen LogP contribution is -2.28. The van der Waals surface area contributed by atoms with Crippen LogP contribution in [0.3, 0.4) is 0 Å². The third-order valence-corrected chi connectivity index (χ3v) is 3.77. The van der Waals surface area contributed by atoms with Crippen LogP contribution in [0.4, 0.5) is 0 Å². The third-order valence-electron chi connectivity index (χ3n) is 3.77. The average Bonchev–Trinajstić information content (AvgIpc) is 3.36. The Morgan fingerprint density at radius 3 is 2.95 bits per heavy atom. The zero-order valence-corrected chi connectivity index (χ0v) is 12.0. The molecule has 21 heavy (non-hydrogen) atoms. The maximum atomic E-state index is 12.4. The van der Waals surface area contributed by atoms with Gasteiger partial charge in [-0.15, -0.1) is 0 Å². The monoisotopic (exact) mass is 279 g/mol. The van der Waals surface area contributed by atoms with Gasteiger partial charge in [-0.3, -0.25) is 9.78 Å². The van der Waals surface area contributed by atoms with Crippen LogP contribution in [0.5, 0.6) is 0 Å². The van der Waals surface area contributed by atoms with Crippen LogP contribution in [0.1, 0.15) is 41.7 Å². The summed E-state index contributed by atoms with van der Waals surface area (Å²) < 4.78 is 0. The van der Waals surface area contributed by atoms with E-state index in [1.807, 2.05) is 30.3 Å². The van der Waals surface area contributed by atoms with Gasteiger partial charge in [0, 0.05) is 23.5 Å². The standard InChI is InChI=1S/C17H17N3O/c1-11(9-18)10-19-17(21)14-8-16(12-6-7-12)20-15-5-3-2-4-13(14)15/h2-5,8,11-12H,6-7,10H2,1H3,(H,19,21). The lowest BCUT2D eigenvalue weighted by Gasteiger charge is -2.10. The van der Waals surface area contributed by atoms with Crippen LogP contribution in [-0.4, -0.2) is 17.4 Å². The highest BCUT2D eigenvalue weighted by molar-refractivity contribution is 6.06. The molecule has 3 rings (SSSR count). The molecule has 1 N–H and O–H groups in total. The van der Waals surface area contributed by atoms with Crippen molar-refractivity contribution in [2.45, 2.75) is 25.7 Å². The number of benzene rings is 1. The second kappa shape index (κ2) is 5.53. The number of nitriles is 1. The van der Waals surface area contributed by atoms with Crippen molar-refractivity contribution in [3.63, 3.8) is 0 Å². The molecule has 1 atom stereocenters. The number of fused-ring (bicyclic) bond motifs is 1. The summed E-state index contributed by atoms with van der Waals surface area (Å²) in [6.07, 6.45) is 2.30. The first-order valence-electron chi connectivity index (χ1n) is 7.26. The summed E-state index contributed by atoms with van der Waals surface area (Å²) in [5.41, 5.74) is 2.53. The van der Waals surface area contributed by atoms with Crippen LogP contribution >= 0.6 is 0 Å². The molecule has 0 spiro atoms. The Bertz CT molecular complexity index is 728. The average molecular weight is 279 g/mol. The van der Waals surface area contributed by atoms with E-state index in [0.29, 0.717) is 18.0 Å². The molecule has 1 saturated carbocycles. The van der Waals surface area contributed by atoms with Crippen molar-refractivity contribution in [1.82, 2.24) is 10.3 Å². The van der Waals surface area contributed by atoms with Gasteiger partial charge < -0.3 is 5.32 Å². The minimum atomic E-state index is -0.190. The number of amides is 1. The number of aromatic nitrogens is 1. The Hall–Kier alpha value is -2.41. The summed E-state index contributed by atoms with van der Waals surface area (Å²) in [5.74, 6) is 0.182. The number of rotatable bonds is 4. The van der Waals surface area contributed by atoms with Gasteiger partial charge in [0.05, 0.1) is 23.1 Å². The maximum absolute atomic E-state index is 12.4. The number of nitrogens with one attached hydrogen (secondary N) is 1. The van der Waals surface area contributed by atoms with E-state index in [1.165, 1.54) is 0 Å². The zero-order valence-electron chi connectivity index (χ0n) is 12.0. The summed E-state index contributed by atoms with van der Waals surface area (Å²) >= 11 is 0. The summed E-state index contributed by atoms with van der Waals surface area (Å²) in [7, 11) is 0. The molecule has 1 aromatic heterocycles. The van der Waals surface area contributed by atoms with Gasteiger partial charge in [-0.05, 0) is 31.9 Å². The molecule has 1 aliphatic rings. The highest BCUT2D eigenvalue weighted by Crippen LogP contribution is 2.40. The number of nitrogens with zero attached hydrogens (tertiary/aromatic N) is 2. The molecule has 0 aliphatic heterocycles. The minimum Gasteiger partial charge on any atom is -0.351 e. The molecular weight excluding hydrogens is 262 g/mol. The third kappa shape index (κ3) is 2.87. The first kappa shape index (κ1) is 13.6. The van der Waals surface area contributed by atoms with Crippen molar-refractivity contribution < 1.29 is 4.79 Å². The molecule has 1 aliphatic carbocycles. The van der Waals surface area contributed by atoms with E-state index in [4.69, 9.17) is 5.26 Å². The largest absolute Gasteiger partial charge is 0.351 e. The van der Waals surface area contributed by atoms with E-state index in [-0.39, 0.29) is 11.8 Å². The number of pyridine rings is 1. The van der Waals surface area contributed by atoms with Gasteiger partial charge in [-0.2, -0.15) is 5.26 Å². The molecule has 1 unspecified atom stereocenters. The molecule has 0 radical (unpaired) electrons. The Balaban J connectivity index is 1.96. The number of hydrogen-bond acceptors (Lipinski definition) is 3. The van der Waals surface area contributed by atoms with Gasteiger partial charge in [-0.1, -0.05) is 18.2 Å². The summed E-state index contributed by atoms with van der Waals surface area (Å²) in [6.45, 7) is 2.16. The molecular formula is C17H17N3O. The lowest BCUT2D eigenvalue weighted by atomic mass is 10.0. The number of carbonyl (C=O) groups excluding carboxylic acids is 1. The zero-order chi connectivity index (χ0) is 14.8. The Morgan fingerprint density at radius 2 is 2.24 bits per heavy atom. The highest BCUT2D eigenvalue weighted by Gasteiger charge is 2.26. The number of carbonyl (C=O) groups is 1. The van der Waals surface area contributed by atoms with Gasteiger partial charge in [0.2, 0.25) is 0 Å². The van der Waals surface area contributed by atoms with Gasteiger partial charge >= 0.3 is 0 Å². The van der Waals surface area contributed by atoms with E-state index in [9.17, 15) is 4.79 Å². The quantitative estimate of drug-likeness (QED) is 0.935. The highest BCUT2D eigenvalue weighted by atomic mass is 16.1. The second-order valence-electron chi connectivity index (χ2n) is 5.63. The van der Waals surface area contributed by atoms with Gasteiger partial charge in [-0.25, -0.2) is 0 Å². The molecule has 1 aromatic carbocycles. The smallest absolute Gasteiger partial charge is 0.252 e. The van der Waals surface area contributed by atoms with E-state index < -0.39 is 0 Å². The van der Waals surface area contributed by atoms with Gasteiger partial charge in [0.1, 0.15) is 0 Å². The Morgan fingerprint density at radius 1 is 1.48 bits per heavy atom. The molecule has 4 nitrogen and oxygen atoms in total. The van der Waals surface area contributed by atoms with Crippen molar-refractivity contribution in [3.05, 3.63) is 41.6 Å². The summed E-state index contributed by atoms with van der Waals surface area (Å²) in [6, 6.07) is 11.7. The number of para-hydroxylation sites is 1. The normalized spacial score (nSPS) is 15.4. The van der Waals surface area contributed by atoms with E-state index in [0.717, 1.165) is 29.4 Å². The van der Waals surface area contributed by atoms with Crippen molar-refractivity contribution in [2.24, 2.45) is 5.92 Å². The Labute approximate surface area is 123 Å². The number of hydrogen-bond donors (Lipinski definition) is 1. The molecule has 1 amide bonds. The van der Waals surface area contributed by atoms with Crippen molar-refractivity contribution in [3.8, 4) is 6.07 Å². The summed E-state index contributed by atoms with van der Waals surface area (Å²) in [5, 5.41) is 12.5. The summed E-state index contributed by atoms with van der Waals surface area (Å²) in [4.78, 5) is 17.1. The van der Waals surface area contributed by atoms with Crippen molar-refractivity contribution in [2.75, 3.05) is 6.54 Å². The minimum absolute atomic E-state index is 0.127. The van der Waals surface area contributed by atoms with Crippen LogP contribution in [-0.2, 0) is 0 Å². The van der Waals surface area contributed by atoms with Crippen LogP contribution in [0.25, 0.3) is 10.9 Å². The fourth-order valence-corrected chi connectivity index (χ4v) is 2.36. The molecule has 0 saturated heterocycles. The molecule has 4 heteroatoms. The predicted molar refractivity (Wildman–Crippen MR) is 80.8 cm³/mol. The molecule has 0 bridgehead atoms. The van der Waals surface area contributed by atoms with Crippen LogP contribution in [0, 0.1) is 17.2 Å². The fourth-order valence-electron chi connectivity index (χ4n) is 2.36. The van der Waals surface area contributed by atoms with Gasteiger partial charge in [0.25, 0.3) is 5.91 Å². The molecule has 106 valence electrons. The van der Waals surface area contributed by atoms with E-state index in [2.05, 4.69) is 16.4 Å². The molecule has 2 aromatic rings. The first-order valence-corrected chi connectivity index (χ1v) is 7.26. The molecule has 1 heterocycles. The predicted octanol–water partition coefficient (Wildman–Crippen LogP) is 3.00. The maximum Gasteiger partial charge on any atom is 0.252 e. The van der Waals surface area contributed by atoms with Gasteiger partial charge in [0.15, 0.2) is 0 Å². The van der Waals surface area contributed by atoms with Crippen molar-refractivity contribution >= 4 is 16.8 Å². The first-order chi connectivity index (χ1) is 10.2. The lowest BCUT2D eigenvalue weighted by molar-refractivity contribution is 0.0952. The SMILES string of the molecule is CC(C#N)CNC(=O)c1cc(C2CC2)nc2ccccc12. The van der Waals surface area contributed by atoms with E-state index >= 15 is 0 Å². The van der Waals surface area contributed by atoms with Crippen LogP contribution in [0.2, 0.25) is 0 Å². The fraction of sp³-hybridized carbons (Fsp3) is 0.353. The Kier molecular flexibility index (Phi) is 3.57.